The highest BCUT2D eigenvalue weighted by molar-refractivity contribution is 7.80. The third kappa shape index (κ3) is 2.90. The molecular formula is C15H21N3S. The molecule has 19 heavy (non-hydrogen) atoms. The largest absolute Gasteiger partial charge is 0.389 e. The molecule has 1 atom stereocenters. The van der Waals surface area contributed by atoms with Crippen molar-refractivity contribution in [3.63, 3.8) is 0 Å². The minimum Gasteiger partial charge on any atom is -0.389 e. The summed E-state index contributed by atoms with van der Waals surface area (Å²) >= 11 is 5.04. The highest BCUT2D eigenvalue weighted by atomic mass is 32.1. The highest BCUT2D eigenvalue weighted by Gasteiger charge is 2.34. The van der Waals surface area contributed by atoms with Gasteiger partial charge in [-0.15, -0.1) is 0 Å². The Morgan fingerprint density at radius 2 is 2.16 bits per heavy atom. The zero-order valence-corrected chi connectivity index (χ0v) is 12.2. The summed E-state index contributed by atoms with van der Waals surface area (Å²) in [5.74, 6) is 0. The number of aryl methyl sites for hydroxylation is 1. The van der Waals surface area contributed by atoms with Crippen LogP contribution in [0.25, 0.3) is 0 Å². The van der Waals surface area contributed by atoms with Crippen LogP contribution >= 0.6 is 12.2 Å². The standard InChI is InChI=1S/C15H21N3S/c1-10-8-11(2-5-14(10)15(16)19)17-12-6-7-18(9-12)13-3-4-13/h2,5,8,12-13,17H,3-4,6-7,9H2,1H3,(H2,16,19). The molecule has 1 heterocycles. The van der Waals surface area contributed by atoms with Crippen LogP contribution in [0.5, 0.6) is 0 Å². The number of hydrogen-bond acceptors (Lipinski definition) is 3. The topological polar surface area (TPSA) is 41.3 Å². The van der Waals surface area contributed by atoms with Gasteiger partial charge in [-0.3, -0.25) is 4.90 Å². The number of nitrogens with one attached hydrogen (secondary N) is 1. The first-order valence-electron chi connectivity index (χ1n) is 7.04. The Bertz CT molecular complexity index is 496. The molecule has 1 saturated heterocycles. The third-order valence-corrected chi connectivity index (χ3v) is 4.37. The van der Waals surface area contributed by atoms with Gasteiger partial charge in [-0.1, -0.05) is 12.2 Å². The lowest BCUT2D eigenvalue weighted by molar-refractivity contribution is 0.326. The van der Waals surface area contributed by atoms with E-state index in [4.69, 9.17) is 18.0 Å². The molecule has 0 bridgehead atoms. The predicted octanol–water partition coefficient (Wildman–Crippen LogP) is 2.28. The van der Waals surface area contributed by atoms with Crippen molar-refractivity contribution in [2.75, 3.05) is 18.4 Å². The molecule has 0 amide bonds. The van der Waals surface area contributed by atoms with E-state index < -0.39 is 0 Å². The molecule has 0 spiro atoms. The van der Waals surface area contributed by atoms with Crippen molar-refractivity contribution in [1.82, 2.24) is 4.90 Å². The van der Waals surface area contributed by atoms with Crippen LogP contribution < -0.4 is 11.1 Å². The number of rotatable bonds is 4. The monoisotopic (exact) mass is 275 g/mol. The van der Waals surface area contributed by atoms with E-state index in [1.54, 1.807) is 0 Å². The summed E-state index contributed by atoms with van der Waals surface area (Å²) in [5.41, 5.74) is 9.00. The van der Waals surface area contributed by atoms with E-state index in [0.29, 0.717) is 11.0 Å². The van der Waals surface area contributed by atoms with E-state index in [0.717, 1.165) is 17.2 Å². The molecule has 2 aliphatic rings. The van der Waals surface area contributed by atoms with Crippen molar-refractivity contribution in [3.8, 4) is 0 Å². The lowest BCUT2D eigenvalue weighted by Crippen LogP contribution is -2.27. The van der Waals surface area contributed by atoms with Crippen LogP contribution in [-0.4, -0.2) is 35.1 Å². The summed E-state index contributed by atoms with van der Waals surface area (Å²) in [6.45, 7) is 4.48. The second kappa shape index (κ2) is 5.10. The summed E-state index contributed by atoms with van der Waals surface area (Å²) in [6.07, 6.45) is 4.04. The van der Waals surface area contributed by atoms with Crippen molar-refractivity contribution in [2.24, 2.45) is 5.73 Å². The van der Waals surface area contributed by atoms with Crippen molar-refractivity contribution in [2.45, 2.75) is 38.3 Å². The van der Waals surface area contributed by atoms with Crippen LogP contribution in [0.3, 0.4) is 0 Å². The quantitative estimate of drug-likeness (QED) is 0.827. The number of likely N-dealkylation sites (tertiary alicyclic amines) is 1. The van der Waals surface area contributed by atoms with Gasteiger partial charge in [0.25, 0.3) is 0 Å². The number of thiocarbonyl (C=S) groups is 1. The van der Waals surface area contributed by atoms with Gasteiger partial charge in [0.15, 0.2) is 0 Å². The van der Waals surface area contributed by atoms with E-state index in [-0.39, 0.29) is 0 Å². The molecule has 1 aliphatic heterocycles. The number of anilines is 1. The molecule has 1 saturated carbocycles. The zero-order valence-electron chi connectivity index (χ0n) is 11.4. The Morgan fingerprint density at radius 1 is 1.37 bits per heavy atom. The fraction of sp³-hybridized carbons (Fsp3) is 0.533. The SMILES string of the molecule is Cc1cc(NC2CCN(C3CC3)C2)ccc1C(N)=S. The van der Waals surface area contributed by atoms with Gasteiger partial charge in [0.1, 0.15) is 4.99 Å². The third-order valence-electron chi connectivity index (χ3n) is 4.15. The molecule has 3 rings (SSSR count). The van der Waals surface area contributed by atoms with Crippen molar-refractivity contribution < 1.29 is 0 Å². The van der Waals surface area contributed by atoms with Crippen LogP contribution in [-0.2, 0) is 0 Å². The lowest BCUT2D eigenvalue weighted by atomic mass is 10.1. The van der Waals surface area contributed by atoms with Crippen LogP contribution in [0.2, 0.25) is 0 Å². The molecule has 102 valence electrons. The maximum atomic E-state index is 5.69. The first kappa shape index (κ1) is 12.9. The van der Waals surface area contributed by atoms with Gasteiger partial charge in [0.05, 0.1) is 0 Å². The average molecular weight is 275 g/mol. The van der Waals surface area contributed by atoms with Crippen LogP contribution in [0.15, 0.2) is 18.2 Å². The Hall–Kier alpha value is -1.13. The Labute approximate surface area is 120 Å². The summed E-state index contributed by atoms with van der Waals surface area (Å²) in [4.78, 5) is 3.10. The predicted molar refractivity (Wildman–Crippen MR) is 83.7 cm³/mol. The maximum absolute atomic E-state index is 5.69. The molecule has 0 radical (unpaired) electrons. The van der Waals surface area contributed by atoms with Gasteiger partial charge in [0.2, 0.25) is 0 Å². The minimum absolute atomic E-state index is 0.477. The van der Waals surface area contributed by atoms with Crippen LogP contribution in [0, 0.1) is 6.92 Å². The van der Waals surface area contributed by atoms with E-state index in [1.165, 1.54) is 38.0 Å². The Morgan fingerprint density at radius 3 is 2.79 bits per heavy atom. The molecule has 2 fully saturated rings. The van der Waals surface area contributed by atoms with Crippen LogP contribution in [0.4, 0.5) is 5.69 Å². The molecular weight excluding hydrogens is 254 g/mol. The van der Waals surface area contributed by atoms with E-state index in [1.807, 2.05) is 6.07 Å². The molecule has 3 N–H and O–H groups in total. The van der Waals surface area contributed by atoms with Gasteiger partial charge in [-0.05, 0) is 49.9 Å². The maximum Gasteiger partial charge on any atom is 0.104 e. The van der Waals surface area contributed by atoms with Crippen molar-refractivity contribution in [1.29, 1.82) is 0 Å². The first-order chi connectivity index (χ1) is 9.13. The van der Waals surface area contributed by atoms with Crippen molar-refractivity contribution in [3.05, 3.63) is 29.3 Å². The van der Waals surface area contributed by atoms with Gasteiger partial charge in [-0.25, -0.2) is 0 Å². The normalized spacial score (nSPS) is 23.5. The minimum atomic E-state index is 0.477. The number of nitrogens with two attached hydrogens (primary N) is 1. The smallest absolute Gasteiger partial charge is 0.104 e. The molecule has 3 nitrogen and oxygen atoms in total. The summed E-state index contributed by atoms with van der Waals surface area (Å²) in [7, 11) is 0. The molecule has 4 heteroatoms. The molecule has 0 aromatic heterocycles. The molecule has 1 aromatic rings. The molecule has 1 aliphatic carbocycles. The Balaban J connectivity index is 1.63. The van der Waals surface area contributed by atoms with Gasteiger partial charge in [-0.2, -0.15) is 0 Å². The van der Waals surface area contributed by atoms with Gasteiger partial charge < -0.3 is 11.1 Å². The number of benzene rings is 1. The second-order valence-corrected chi connectivity index (χ2v) is 6.19. The van der Waals surface area contributed by atoms with E-state index in [2.05, 4.69) is 29.3 Å². The number of hydrogen-bond donors (Lipinski definition) is 2. The average Bonchev–Trinajstić information content (AvgIpc) is 3.10. The second-order valence-electron chi connectivity index (χ2n) is 5.75. The van der Waals surface area contributed by atoms with E-state index in [9.17, 15) is 0 Å². The van der Waals surface area contributed by atoms with Crippen LogP contribution in [0.1, 0.15) is 30.4 Å². The fourth-order valence-electron chi connectivity index (χ4n) is 2.94. The molecule has 1 unspecified atom stereocenters. The summed E-state index contributed by atoms with van der Waals surface area (Å²) < 4.78 is 0. The first-order valence-corrected chi connectivity index (χ1v) is 7.45. The lowest BCUT2D eigenvalue weighted by Gasteiger charge is -2.17. The number of nitrogens with zero attached hydrogens (tertiary/aromatic N) is 1. The Kier molecular flexibility index (Phi) is 3.46. The summed E-state index contributed by atoms with van der Waals surface area (Å²) in [6, 6.07) is 7.71. The highest BCUT2D eigenvalue weighted by Crippen LogP contribution is 2.30. The van der Waals surface area contributed by atoms with Gasteiger partial charge in [0, 0.05) is 36.4 Å². The fourth-order valence-corrected chi connectivity index (χ4v) is 3.17. The van der Waals surface area contributed by atoms with E-state index >= 15 is 0 Å². The van der Waals surface area contributed by atoms with Gasteiger partial charge >= 0.3 is 0 Å². The zero-order chi connectivity index (χ0) is 13.4. The summed E-state index contributed by atoms with van der Waals surface area (Å²) in [5, 5.41) is 3.63. The van der Waals surface area contributed by atoms with Crippen molar-refractivity contribution >= 4 is 22.9 Å². The molecule has 1 aromatic carbocycles.